The van der Waals surface area contributed by atoms with Crippen molar-refractivity contribution in [1.82, 2.24) is 16.0 Å². The van der Waals surface area contributed by atoms with E-state index in [0.717, 1.165) is 37.0 Å². The van der Waals surface area contributed by atoms with Crippen molar-refractivity contribution in [2.45, 2.75) is 70.4 Å². The summed E-state index contributed by atoms with van der Waals surface area (Å²) in [6.45, 7) is 4.01. The lowest BCUT2D eigenvalue weighted by atomic mass is 9.53. The standard InChI is InChI=1S/C24H35N5O3/c1-15(2)26-23(32)28-20-6-4-3-5-19(20)27-21(30)7-8-25-22(31)29-24-12-16-9-17(13-24)11-18(10-16)14-24/h3-6,15-18H,7-14H2,1-2H3,(H,27,30)(H2,25,29,31)(H2,26,28,32). The van der Waals surface area contributed by atoms with Crippen molar-refractivity contribution in [3.63, 3.8) is 0 Å². The second kappa shape index (κ2) is 9.38. The number of anilines is 2. The van der Waals surface area contributed by atoms with Crippen LogP contribution in [0.4, 0.5) is 21.0 Å². The van der Waals surface area contributed by atoms with Crippen LogP contribution < -0.4 is 26.6 Å². The molecule has 174 valence electrons. The topological polar surface area (TPSA) is 111 Å². The third-order valence-electron chi connectivity index (χ3n) is 6.92. The summed E-state index contributed by atoms with van der Waals surface area (Å²) in [7, 11) is 0. The van der Waals surface area contributed by atoms with Gasteiger partial charge in [0, 0.05) is 24.5 Å². The molecule has 8 heteroatoms. The highest BCUT2D eigenvalue weighted by molar-refractivity contribution is 5.99. The minimum Gasteiger partial charge on any atom is -0.338 e. The van der Waals surface area contributed by atoms with Crippen LogP contribution >= 0.6 is 0 Å². The van der Waals surface area contributed by atoms with Crippen LogP contribution in [0.2, 0.25) is 0 Å². The van der Waals surface area contributed by atoms with Gasteiger partial charge in [-0.1, -0.05) is 12.1 Å². The van der Waals surface area contributed by atoms with Crippen LogP contribution in [0.3, 0.4) is 0 Å². The maximum Gasteiger partial charge on any atom is 0.319 e. The van der Waals surface area contributed by atoms with Crippen LogP contribution in [0.1, 0.15) is 58.8 Å². The lowest BCUT2D eigenvalue weighted by Gasteiger charge is -2.56. The fraction of sp³-hybridized carbons (Fsp3) is 0.625. The monoisotopic (exact) mass is 441 g/mol. The van der Waals surface area contributed by atoms with Crippen LogP contribution in [0.25, 0.3) is 0 Å². The maximum absolute atomic E-state index is 12.5. The van der Waals surface area contributed by atoms with Crippen LogP contribution in [0, 0.1) is 17.8 Å². The molecular weight excluding hydrogens is 406 g/mol. The van der Waals surface area contributed by atoms with E-state index in [0.29, 0.717) is 11.4 Å². The number of carbonyl (C=O) groups is 3. The zero-order valence-electron chi connectivity index (χ0n) is 19.0. The molecule has 4 saturated carbocycles. The molecule has 0 atom stereocenters. The van der Waals surface area contributed by atoms with Gasteiger partial charge in [0.1, 0.15) is 0 Å². The van der Waals surface area contributed by atoms with Crippen molar-refractivity contribution < 1.29 is 14.4 Å². The summed E-state index contributed by atoms with van der Waals surface area (Å²) in [6.07, 6.45) is 7.44. The summed E-state index contributed by atoms with van der Waals surface area (Å²) < 4.78 is 0. The highest BCUT2D eigenvalue weighted by Gasteiger charge is 2.51. The van der Waals surface area contributed by atoms with E-state index in [1.807, 2.05) is 13.8 Å². The fourth-order valence-electron chi connectivity index (χ4n) is 6.17. The molecule has 1 aromatic rings. The number of benzene rings is 1. The van der Waals surface area contributed by atoms with E-state index in [4.69, 9.17) is 0 Å². The van der Waals surface area contributed by atoms with Crippen LogP contribution in [-0.4, -0.2) is 36.1 Å². The van der Waals surface area contributed by atoms with Gasteiger partial charge in [-0.3, -0.25) is 4.79 Å². The second-order valence-electron chi connectivity index (χ2n) is 10.2. The predicted molar refractivity (Wildman–Crippen MR) is 124 cm³/mol. The van der Waals surface area contributed by atoms with Crippen LogP contribution in [0.5, 0.6) is 0 Å². The van der Waals surface area contributed by atoms with Gasteiger partial charge in [-0.2, -0.15) is 0 Å². The lowest BCUT2D eigenvalue weighted by molar-refractivity contribution is -0.116. The molecule has 4 fully saturated rings. The Balaban J connectivity index is 1.22. The normalized spacial score (nSPS) is 27.7. The fourth-order valence-corrected chi connectivity index (χ4v) is 6.17. The van der Waals surface area contributed by atoms with E-state index in [1.54, 1.807) is 24.3 Å². The number of urea groups is 2. The molecule has 5 amide bonds. The minimum absolute atomic E-state index is 0.00686. The van der Waals surface area contributed by atoms with Gasteiger partial charge in [-0.25, -0.2) is 9.59 Å². The van der Waals surface area contributed by atoms with Gasteiger partial charge in [0.25, 0.3) is 0 Å². The Morgan fingerprint density at radius 2 is 1.47 bits per heavy atom. The zero-order chi connectivity index (χ0) is 22.7. The average molecular weight is 442 g/mol. The predicted octanol–water partition coefficient (Wildman–Crippen LogP) is 3.81. The largest absolute Gasteiger partial charge is 0.338 e. The van der Waals surface area contributed by atoms with E-state index in [-0.39, 0.29) is 42.5 Å². The summed E-state index contributed by atoms with van der Waals surface area (Å²) in [5, 5.41) is 14.4. The number of carbonyl (C=O) groups excluding carboxylic acids is 3. The molecule has 0 spiro atoms. The number of amides is 5. The van der Waals surface area contributed by atoms with E-state index in [2.05, 4.69) is 26.6 Å². The highest BCUT2D eigenvalue weighted by atomic mass is 16.2. The Morgan fingerprint density at radius 1 is 0.906 bits per heavy atom. The molecule has 0 unspecified atom stereocenters. The first-order valence-electron chi connectivity index (χ1n) is 11.8. The van der Waals surface area contributed by atoms with Crippen molar-refractivity contribution in [1.29, 1.82) is 0 Å². The smallest absolute Gasteiger partial charge is 0.319 e. The first-order chi connectivity index (χ1) is 15.3. The Hall–Kier alpha value is -2.77. The van der Waals surface area contributed by atoms with E-state index in [1.165, 1.54) is 19.3 Å². The van der Waals surface area contributed by atoms with Crippen LogP contribution in [-0.2, 0) is 4.79 Å². The molecule has 0 radical (unpaired) electrons. The average Bonchev–Trinajstić information content (AvgIpc) is 2.67. The lowest BCUT2D eigenvalue weighted by Crippen LogP contribution is -2.61. The second-order valence-corrected chi connectivity index (χ2v) is 10.2. The number of nitrogens with one attached hydrogen (secondary N) is 5. The van der Waals surface area contributed by atoms with E-state index >= 15 is 0 Å². The van der Waals surface area contributed by atoms with E-state index in [9.17, 15) is 14.4 Å². The van der Waals surface area contributed by atoms with Gasteiger partial charge in [0.2, 0.25) is 5.91 Å². The molecule has 5 rings (SSSR count). The summed E-state index contributed by atoms with van der Waals surface area (Å²) >= 11 is 0. The first kappa shape index (κ1) is 22.4. The van der Waals surface area contributed by atoms with E-state index < -0.39 is 0 Å². The Morgan fingerprint density at radius 3 is 2.03 bits per heavy atom. The molecule has 0 aliphatic heterocycles. The Bertz CT molecular complexity index is 834. The van der Waals surface area contributed by atoms with Crippen molar-refractivity contribution in [2.24, 2.45) is 17.8 Å². The summed E-state index contributed by atoms with van der Waals surface area (Å²) in [5.74, 6) is 2.08. The molecular formula is C24H35N5O3. The third-order valence-corrected chi connectivity index (χ3v) is 6.92. The third kappa shape index (κ3) is 5.53. The number of rotatable bonds is 7. The van der Waals surface area contributed by atoms with Crippen molar-refractivity contribution >= 4 is 29.3 Å². The molecule has 0 saturated heterocycles. The molecule has 32 heavy (non-hydrogen) atoms. The molecule has 1 aromatic carbocycles. The molecule has 4 aliphatic carbocycles. The van der Waals surface area contributed by atoms with Gasteiger partial charge in [0.15, 0.2) is 0 Å². The van der Waals surface area contributed by atoms with Gasteiger partial charge >= 0.3 is 12.1 Å². The number of para-hydroxylation sites is 2. The van der Waals surface area contributed by atoms with Crippen molar-refractivity contribution in [2.75, 3.05) is 17.2 Å². The van der Waals surface area contributed by atoms with Gasteiger partial charge in [-0.15, -0.1) is 0 Å². The number of hydrogen-bond donors (Lipinski definition) is 5. The minimum atomic E-state index is -0.329. The summed E-state index contributed by atoms with van der Waals surface area (Å²) in [4.78, 5) is 36.9. The number of hydrogen-bond acceptors (Lipinski definition) is 3. The molecule has 0 heterocycles. The first-order valence-corrected chi connectivity index (χ1v) is 11.8. The summed E-state index contributed by atoms with van der Waals surface area (Å²) in [5.41, 5.74) is 1.00. The molecule has 4 bridgehead atoms. The van der Waals surface area contributed by atoms with Gasteiger partial charge < -0.3 is 26.6 Å². The van der Waals surface area contributed by atoms with Crippen LogP contribution in [0.15, 0.2) is 24.3 Å². The van der Waals surface area contributed by atoms with Crippen molar-refractivity contribution in [3.8, 4) is 0 Å². The Labute approximate surface area is 189 Å². The van der Waals surface area contributed by atoms with Gasteiger partial charge in [0.05, 0.1) is 11.4 Å². The highest BCUT2D eigenvalue weighted by Crippen LogP contribution is 2.55. The van der Waals surface area contributed by atoms with Crippen molar-refractivity contribution in [3.05, 3.63) is 24.3 Å². The maximum atomic E-state index is 12.5. The Kier molecular flexibility index (Phi) is 6.58. The molecule has 4 aliphatic rings. The quantitative estimate of drug-likeness (QED) is 0.443. The molecule has 8 nitrogen and oxygen atoms in total. The van der Waals surface area contributed by atoms with Gasteiger partial charge in [-0.05, 0) is 82.3 Å². The zero-order valence-corrected chi connectivity index (χ0v) is 19.0. The molecule has 5 N–H and O–H groups in total. The SMILES string of the molecule is CC(C)NC(=O)Nc1ccccc1NC(=O)CCNC(=O)NC12CC3CC(CC(C3)C1)C2. The molecule has 0 aromatic heterocycles. The summed E-state index contributed by atoms with van der Waals surface area (Å²) in [6, 6.07) is 6.54.